The average molecular weight is 309 g/mol. The average Bonchev–Trinajstić information content (AvgIpc) is 2.63. The third kappa shape index (κ3) is 4.87. The van der Waals surface area contributed by atoms with Crippen molar-refractivity contribution in [3.05, 3.63) is 59.7 Å². The molecule has 0 saturated carbocycles. The molecule has 1 aromatic heterocycles. The van der Waals surface area contributed by atoms with Crippen molar-refractivity contribution >= 4 is 0 Å². The summed E-state index contributed by atoms with van der Waals surface area (Å²) < 4.78 is 0. The first-order valence-corrected chi connectivity index (χ1v) is 8.89. The van der Waals surface area contributed by atoms with Crippen LogP contribution in [0.5, 0.6) is 0 Å². The summed E-state index contributed by atoms with van der Waals surface area (Å²) in [4.78, 5) is 11.4. The van der Waals surface area contributed by atoms with Crippen molar-refractivity contribution in [1.29, 1.82) is 0 Å². The van der Waals surface area contributed by atoms with Crippen molar-refractivity contribution in [2.75, 3.05) is 13.1 Å². The summed E-state index contributed by atoms with van der Waals surface area (Å²) >= 11 is 0. The van der Waals surface area contributed by atoms with Gasteiger partial charge < -0.3 is 0 Å². The first-order valence-electron chi connectivity index (χ1n) is 8.89. The van der Waals surface area contributed by atoms with Gasteiger partial charge in [0.15, 0.2) is 0 Å². The lowest BCUT2D eigenvalue weighted by Gasteiger charge is -2.31. The van der Waals surface area contributed by atoms with E-state index >= 15 is 0 Å². The molecule has 0 aliphatic carbocycles. The zero-order chi connectivity index (χ0) is 15.9. The van der Waals surface area contributed by atoms with Crippen LogP contribution in [0.2, 0.25) is 0 Å². The summed E-state index contributed by atoms with van der Waals surface area (Å²) in [5, 5.41) is 0. The van der Waals surface area contributed by atoms with E-state index in [1.54, 1.807) is 0 Å². The van der Waals surface area contributed by atoms with E-state index < -0.39 is 0 Å². The fourth-order valence-electron chi connectivity index (χ4n) is 3.35. The molecule has 1 aliphatic heterocycles. The first-order chi connectivity index (χ1) is 11.3. The van der Waals surface area contributed by atoms with Gasteiger partial charge in [-0.15, -0.1) is 0 Å². The Bertz CT molecular complexity index is 572. The minimum Gasteiger partial charge on any atom is -0.299 e. The van der Waals surface area contributed by atoms with Crippen LogP contribution in [0.1, 0.15) is 43.1 Å². The molecule has 1 saturated heterocycles. The van der Waals surface area contributed by atoms with Crippen LogP contribution in [0.4, 0.5) is 0 Å². The van der Waals surface area contributed by atoms with E-state index in [9.17, 15) is 0 Å². The van der Waals surface area contributed by atoms with Crippen LogP contribution in [0.25, 0.3) is 0 Å². The van der Waals surface area contributed by atoms with E-state index in [0.717, 1.165) is 24.7 Å². The number of hydrogen-bond acceptors (Lipinski definition) is 3. The topological polar surface area (TPSA) is 29.0 Å². The third-order valence-corrected chi connectivity index (χ3v) is 4.87. The second-order valence-corrected chi connectivity index (χ2v) is 6.60. The van der Waals surface area contributed by atoms with Gasteiger partial charge in [-0.3, -0.25) is 4.90 Å². The molecule has 2 aromatic rings. The molecule has 1 fully saturated rings. The molecule has 0 unspecified atom stereocenters. The second kappa shape index (κ2) is 8.21. The Morgan fingerprint density at radius 3 is 2.35 bits per heavy atom. The minimum atomic E-state index is 0.880. The van der Waals surface area contributed by atoms with Gasteiger partial charge in [-0.05, 0) is 50.3 Å². The number of likely N-dealkylation sites (tertiary alicyclic amines) is 1. The molecule has 0 bridgehead atoms. The highest BCUT2D eigenvalue weighted by Gasteiger charge is 2.19. The summed E-state index contributed by atoms with van der Waals surface area (Å²) in [6, 6.07) is 10.9. The highest BCUT2D eigenvalue weighted by atomic mass is 15.1. The maximum Gasteiger partial charge on any atom is 0.127 e. The van der Waals surface area contributed by atoms with E-state index in [1.165, 1.54) is 49.9 Å². The standard InChI is InChI=1S/C20H27N3/c1-2-20-21-14-19(15-22-20)16-23-12-10-18(11-13-23)9-8-17-6-4-3-5-7-17/h3-7,14-15,18H,2,8-13,16H2,1H3. The van der Waals surface area contributed by atoms with Crippen molar-refractivity contribution in [3.8, 4) is 0 Å². The number of aryl methyl sites for hydroxylation is 2. The van der Waals surface area contributed by atoms with Crippen molar-refractivity contribution in [1.82, 2.24) is 14.9 Å². The van der Waals surface area contributed by atoms with Gasteiger partial charge in [-0.1, -0.05) is 37.3 Å². The maximum atomic E-state index is 4.40. The number of nitrogens with zero attached hydrogens (tertiary/aromatic N) is 3. The normalized spacial score (nSPS) is 16.6. The Balaban J connectivity index is 1.41. The number of hydrogen-bond donors (Lipinski definition) is 0. The van der Waals surface area contributed by atoms with Crippen LogP contribution in [0.3, 0.4) is 0 Å². The zero-order valence-electron chi connectivity index (χ0n) is 14.1. The molecule has 0 atom stereocenters. The number of piperidine rings is 1. The third-order valence-electron chi connectivity index (χ3n) is 4.87. The predicted molar refractivity (Wildman–Crippen MR) is 94.2 cm³/mol. The quantitative estimate of drug-likeness (QED) is 0.811. The molecule has 3 nitrogen and oxygen atoms in total. The van der Waals surface area contributed by atoms with Crippen LogP contribution >= 0.6 is 0 Å². The van der Waals surface area contributed by atoms with Crippen molar-refractivity contribution in [2.45, 2.75) is 45.6 Å². The number of aromatic nitrogens is 2. The molecule has 0 amide bonds. The van der Waals surface area contributed by atoms with Gasteiger partial charge in [0, 0.05) is 30.9 Å². The summed E-state index contributed by atoms with van der Waals surface area (Å²) in [5.74, 6) is 1.82. The molecule has 1 aliphatic rings. The Morgan fingerprint density at radius 2 is 1.70 bits per heavy atom. The lowest BCUT2D eigenvalue weighted by molar-refractivity contribution is 0.172. The van der Waals surface area contributed by atoms with E-state index in [-0.39, 0.29) is 0 Å². The van der Waals surface area contributed by atoms with E-state index in [0.29, 0.717) is 0 Å². The highest BCUT2D eigenvalue weighted by Crippen LogP contribution is 2.23. The fraction of sp³-hybridized carbons (Fsp3) is 0.500. The molecule has 1 aromatic carbocycles. The Kier molecular flexibility index (Phi) is 5.76. The van der Waals surface area contributed by atoms with E-state index in [2.05, 4.69) is 52.1 Å². The molecular weight excluding hydrogens is 282 g/mol. The monoisotopic (exact) mass is 309 g/mol. The smallest absolute Gasteiger partial charge is 0.127 e. The van der Waals surface area contributed by atoms with Gasteiger partial charge in [0.05, 0.1) is 0 Å². The number of rotatable bonds is 6. The molecular formula is C20H27N3. The Morgan fingerprint density at radius 1 is 1.00 bits per heavy atom. The van der Waals surface area contributed by atoms with Gasteiger partial charge >= 0.3 is 0 Å². The summed E-state index contributed by atoms with van der Waals surface area (Å²) in [5.41, 5.74) is 2.72. The highest BCUT2D eigenvalue weighted by molar-refractivity contribution is 5.14. The molecule has 122 valence electrons. The molecule has 0 N–H and O–H groups in total. The first kappa shape index (κ1) is 16.1. The van der Waals surface area contributed by atoms with Crippen LogP contribution in [-0.4, -0.2) is 28.0 Å². The van der Waals surface area contributed by atoms with Crippen LogP contribution in [0.15, 0.2) is 42.7 Å². The molecule has 0 spiro atoms. The SMILES string of the molecule is CCc1ncc(CN2CCC(CCc3ccccc3)CC2)cn1. The van der Waals surface area contributed by atoms with Crippen LogP contribution in [0, 0.1) is 5.92 Å². The van der Waals surface area contributed by atoms with Gasteiger partial charge in [-0.25, -0.2) is 9.97 Å². The Hall–Kier alpha value is -1.74. The van der Waals surface area contributed by atoms with Crippen LogP contribution < -0.4 is 0 Å². The largest absolute Gasteiger partial charge is 0.299 e. The Labute approximate surface area is 139 Å². The molecule has 0 radical (unpaired) electrons. The predicted octanol–water partition coefficient (Wildman–Crippen LogP) is 3.88. The van der Waals surface area contributed by atoms with E-state index in [4.69, 9.17) is 0 Å². The van der Waals surface area contributed by atoms with Crippen molar-refractivity contribution in [3.63, 3.8) is 0 Å². The summed E-state index contributed by atoms with van der Waals surface area (Å²) in [7, 11) is 0. The molecule has 2 heterocycles. The summed E-state index contributed by atoms with van der Waals surface area (Å²) in [6.45, 7) is 5.49. The number of benzene rings is 1. The minimum absolute atomic E-state index is 0.880. The van der Waals surface area contributed by atoms with Crippen molar-refractivity contribution < 1.29 is 0 Å². The zero-order valence-corrected chi connectivity index (χ0v) is 14.1. The lowest BCUT2D eigenvalue weighted by atomic mass is 9.90. The fourth-order valence-corrected chi connectivity index (χ4v) is 3.35. The second-order valence-electron chi connectivity index (χ2n) is 6.60. The van der Waals surface area contributed by atoms with Gasteiger partial charge in [0.25, 0.3) is 0 Å². The van der Waals surface area contributed by atoms with Crippen LogP contribution in [-0.2, 0) is 19.4 Å². The molecule has 3 heteroatoms. The van der Waals surface area contributed by atoms with Gasteiger partial charge in [0.2, 0.25) is 0 Å². The van der Waals surface area contributed by atoms with Gasteiger partial charge in [0.1, 0.15) is 5.82 Å². The molecule has 3 rings (SSSR count). The summed E-state index contributed by atoms with van der Waals surface area (Å²) in [6.07, 6.45) is 10.1. The van der Waals surface area contributed by atoms with Gasteiger partial charge in [-0.2, -0.15) is 0 Å². The van der Waals surface area contributed by atoms with E-state index in [1.807, 2.05) is 12.4 Å². The molecule has 23 heavy (non-hydrogen) atoms. The lowest BCUT2D eigenvalue weighted by Crippen LogP contribution is -2.33. The van der Waals surface area contributed by atoms with Crippen molar-refractivity contribution in [2.24, 2.45) is 5.92 Å². The maximum absolute atomic E-state index is 4.40.